The number of carbonyl (C=O) groups is 2. The second kappa shape index (κ2) is 10.9. The van der Waals surface area contributed by atoms with Crippen LogP contribution in [0.15, 0.2) is 30.3 Å². The third kappa shape index (κ3) is 5.83. The third-order valence-electron chi connectivity index (χ3n) is 8.02. The Balaban J connectivity index is 1.31. The van der Waals surface area contributed by atoms with Crippen LogP contribution in [0.3, 0.4) is 0 Å². The molecule has 13 heteroatoms. The van der Waals surface area contributed by atoms with Crippen molar-refractivity contribution in [3.05, 3.63) is 41.5 Å². The molecule has 6 rings (SSSR count). The second-order valence-corrected chi connectivity index (χ2v) is 12.6. The van der Waals surface area contributed by atoms with Gasteiger partial charge in [0.25, 0.3) is 5.91 Å². The summed E-state index contributed by atoms with van der Waals surface area (Å²) in [6.45, 7) is 5.53. The molecule has 43 heavy (non-hydrogen) atoms. The van der Waals surface area contributed by atoms with Crippen LogP contribution in [0, 0.1) is 5.92 Å². The number of carbonyl (C=O) groups excluding carboxylic acids is 2. The molecule has 11 nitrogen and oxygen atoms in total. The van der Waals surface area contributed by atoms with Crippen LogP contribution in [0.5, 0.6) is 0 Å². The van der Waals surface area contributed by atoms with Gasteiger partial charge < -0.3 is 34.1 Å². The summed E-state index contributed by atoms with van der Waals surface area (Å²) < 4.78 is 23.2. The lowest BCUT2D eigenvalue weighted by Gasteiger charge is -2.31. The Kier molecular flexibility index (Phi) is 7.41. The Morgan fingerprint density at radius 1 is 1.21 bits per heavy atom. The summed E-state index contributed by atoms with van der Waals surface area (Å²) in [5.41, 5.74) is 3.95. The van der Waals surface area contributed by atoms with Gasteiger partial charge in [-0.3, -0.25) is 4.79 Å². The molecule has 3 aromatic heterocycles. The summed E-state index contributed by atoms with van der Waals surface area (Å²) in [5, 5.41) is 22.8. The first kappa shape index (κ1) is 29.1. The van der Waals surface area contributed by atoms with Crippen LogP contribution in [-0.2, 0) is 24.8 Å². The Hall–Kier alpha value is -3.97. The largest absolute Gasteiger partial charge is 0.508 e. The summed E-state index contributed by atoms with van der Waals surface area (Å²) in [6, 6.07) is 8.35. The van der Waals surface area contributed by atoms with E-state index >= 15 is 0 Å². The number of pyridine rings is 1. The lowest BCUT2D eigenvalue weighted by Crippen LogP contribution is -2.50. The van der Waals surface area contributed by atoms with Gasteiger partial charge in [0.1, 0.15) is 17.9 Å². The van der Waals surface area contributed by atoms with Crippen LogP contribution in [0.2, 0.25) is 0 Å². The number of alkyl halides is 1. The van der Waals surface area contributed by atoms with Crippen molar-refractivity contribution in [2.24, 2.45) is 13.0 Å². The number of nitrogens with zero attached hydrogens (tertiary/aromatic N) is 5. The van der Waals surface area contributed by atoms with Gasteiger partial charge in [-0.15, -0.1) is 0 Å². The number of nitrogens with one attached hydrogen (secondary N) is 1. The Morgan fingerprint density at radius 3 is 2.65 bits per heavy atom. The molecule has 4 heterocycles. The van der Waals surface area contributed by atoms with E-state index in [2.05, 4.69) is 14.9 Å². The molecule has 4 aromatic rings. The van der Waals surface area contributed by atoms with Gasteiger partial charge in [-0.2, -0.15) is 0 Å². The minimum atomic E-state index is -1.66. The number of ether oxygens (including phenoxy) is 1. The third-order valence-corrected chi connectivity index (χ3v) is 8.02. The molecule has 1 aliphatic carbocycles. The van der Waals surface area contributed by atoms with Crippen molar-refractivity contribution >= 4 is 46.8 Å². The number of hydrogen-bond acceptors (Lipinski definition) is 7. The van der Waals surface area contributed by atoms with Gasteiger partial charge in [-0.05, 0) is 75.8 Å². The normalized spacial score (nSPS) is 16.1. The van der Waals surface area contributed by atoms with Gasteiger partial charge in [0, 0.05) is 37.6 Å². The zero-order chi connectivity index (χ0) is 30.6. The van der Waals surface area contributed by atoms with E-state index in [1.54, 1.807) is 37.8 Å². The Morgan fingerprint density at radius 2 is 1.98 bits per heavy atom. The molecule has 0 radical (unpaired) electrons. The topological polar surface area (TPSA) is 135 Å². The second-order valence-electron chi connectivity index (χ2n) is 12.6. The molecule has 1 aliphatic heterocycles. The minimum Gasteiger partial charge on any atom is -0.444 e. The average Bonchev–Trinajstić information content (AvgIpc) is 3.62. The molecular formula is C30H36BFN6O5. The van der Waals surface area contributed by atoms with Crippen molar-refractivity contribution in [1.29, 1.82) is 0 Å². The van der Waals surface area contributed by atoms with E-state index in [-0.39, 0.29) is 18.0 Å². The van der Waals surface area contributed by atoms with Crippen LogP contribution < -0.4 is 10.9 Å². The number of rotatable bonds is 8. The standard InChI is InChI=1S/C30H36BFN6O5/c1-30(2,3)43-29(40)33-20(14-32)16-37-10-9-18-11-23-22(13-21(18)28(37)39)34-27(36(23)4)24-12-19-7-8-25(31(41)42)35-26(19)38(24)15-17-5-6-17/h7-8,11-13,17,20,41-42H,5-6,9-10,14-16H2,1-4H3,(H,33,40). The first-order valence-corrected chi connectivity index (χ1v) is 14.6. The molecule has 1 saturated carbocycles. The summed E-state index contributed by atoms with van der Waals surface area (Å²) in [7, 11) is 0.280. The molecule has 0 bridgehead atoms. The van der Waals surface area contributed by atoms with E-state index < -0.39 is 31.5 Å². The molecule has 2 aliphatic rings. The monoisotopic (exact) mass is 590 g/mol. The van der Waals surface area contributed by atoms with Gasteiger partial charge in [0.15, 0.2) is 5.82 Å². The molecule has 226 valence electrons. The van der Waals surface area contributed by atoms with Crippen LogP contribution in [0.4, 0.5) is 9.18 Å². The summed E-state index contributed by atoms with van der Waals surface area (Å²) in [5.74, 6) is 1.01. The van der Waals surface area contributed by atoms with Gasteiger partial charge in [0.2, 0.25) is 0 Å². The quantitative estimate of drug-likeness (QED) is 0.269. The zero-order valence-corrected chi connectivity index (χ0v) is 24.8. The van der Waals surface area contributed by atoms with Crippen LogP contribution >= 0.6 is 0 Å². The van der Waals surface area contributed by atoms with Gasteiger partial charge in [-0.25, -0.2) is 19.2 Å². The maximum atomic E-state index is 13.8. The predicted octanol–water partition coefficient (Wildman–Crippen LogP) is 2.54. The van der Waals surface area contributed by atoms with Gasteiger partial charge in [-0.1, -0.05) is 6.07 Å². The lowest BCUT2D eigenvalue weighted by atomic mass is 9.85. The lowest BCUT2D eigenvalue weighted by molar-refractivity contribution is 0.0466. The van der Waals surface area contributed by atoms with Crippen molar-refractivity contribution < 1.29 is 28.8 Å². The average molecular weight is 590 g/mol. The maximum absolute atomic E-state index is 13.8. The summed E-state index contributed by atoms with van der Waals surface area (Å²) >= 11 is 0. The number of alkyl carbamates (subject to hydrolysis) is 1. The fraction of sp³-hybridized carbons (Fsp3) is 0.467. The number of fused-ring (bicyclic) bond motifs is 3. The highest BCUT2D eigenvalue weighted by Crippen LogP contribution is 2.36. The molecule has 1 unspecified atom stereocenters. The molecular weight excluding hydrogens is 554 g/mol. The van der Waals surface area contributed by atoms with E-state index in [9.17, 15) is 24.0 Å². The van der Waals surface area contributed by atoms with Gasteiger partial charge in [0.05, 0.1) is 28.4 Å². The highest BCUT2D eigenvalue weighted by molar-refractivity contribution is 6.57. The number of imidazole rings is 1. The number of aryl methyl sites for hydroxylation is 1. The van der Waals surface area contributed by atoms with Crippen molar-refractivity contribution in [2.45, 2.75) is 58.2 Å². The minimum absolute atomic E-state index is 0.0261. The van der Waals surface area contributed by atoms with E-state index in [1.165, 1.54) is 0 Å². The summed E-state index contributed by atoms with van der Waals surface area (Å²) in [6.07, 6.45) is 2.12. The van der Waals surface area contributed by atoms with E-state index in [0.717, 1.165) is 41.5 Å². The molecule has 3 N–H and O–H groups in total. The first-order chi connectivity index (χ1) is 20.4. The number of halogens is 1. The maximum Gasteiger partial charge on any atom is 0.508 e. The molecule has 2 amide bonds. The molecule has 1 aromatic carbocycles. The van der Waals surface area contributed by atoms with Crippen LogP contribution in [0.25, 0.3) is 33.6 Å². The van der Waals surface area contributed by atoms with Crippen molar-refractivity contribution in [1.82, 2.24) is 29.3 Å². The number of aromatic nitrogens is 4. The Bertz CT molecular complexity index is 1720. The van der Waals surface area contributed by atoms with Crippen molar-refractivity contribution in [2.75, 3.05) is 19.8 Å². The summed E-state index contributed by atoms with van der Waals surface area (Å²) in [4.78, 5) is 36.8. The highest BCUT2D eigenvalue weighted by Gasteiger charge is 2.31. The molecule has 1 atom stereocenters. The van der Waals surface area contributed by atoms with Crippen LogP contribution in [0.1, 0.15) is 49.5 Å². The zero-order valence-electron chi connectivity index (χ0n) is 24.8. The SMILES string of the molecule is Cn1c(-c2cc3ccc(B(O)O)nc3n2CC2CC2)nc2cc3c(cc21)CCN(CC(CF)NC(=O)OC(C)(C)C)C3=O. The number of hydrogen-bond donors (Lipinski definition) is 3. The highest BCUT2D eigenvalue weighted by atomic mass is 19.1. The van der Waals surface area contributed by atoms with Gasteiger partial charge >= 0.3 is 13.2 Å². The van der Waals surface area contributed by atoms with E-state index in [4.69, 9.17) is 9.72 Å². The van der Waals surface area contributed by atoms with E-state index in [0.29, 0.717) is 41.4 Å². The number of amides is 2. The predicted molar refractivity (Wildman–Crippen MR) is 161 cm³/mol. The number of benzene rings is 1. The first-order valence-electron chi connectivity index (χ1n) is 14.6. The molecule has 0 saturated heterocycles. The fourth-order valence-electron chi connectivity index (χ4n) is 5.71. The van der Waals surface area contributed by atoms with Crippen molar-refractivity contribution in [3.8, 4) is 11.5 Å². The molecule has 0 spiro atoms. The van der Waals surface area contributed by atoms with Crippen molar-refractivity contribution in [3.63, 3.8) is 0 Å². The Labute approximate surface area is 248 Å². The molecule has 1 fully saturated rings. The van der Waals surface area contributed by atoms with E-state index in [1.807, 2.05) is 29.8 Å². The fourth-order valence-corrected chi connectivity index (χ4v) is 5.71. The smallest absolute Gasteiger partial charge is 0.444 e. The van der Waals surface area contributed by atoms with Crippen LogP contribution in [-0.4, -0.2) is 84.6 Å².